The summed E-state index contributed by atoms with van der Waals surface area (Å²) < 4.78 is 0. The maximum Gasteiger partial charge on any atom is 0.0847 e. The van der Waals surface area contributed by atoms with E-state index >= 15 is 0 Å². The Bertz CT molecular complexity index is 3910. The summed E-state index contributed by atoms with van der Waals surface area (Å²) in [5, 5.41) is 0. The fraction of sp³-hybridized carbons (Fsp3) is 0.600. The summed E-state index contributed by atoms with van der Waals surface area (Å²) >= 11 is 0. The van der Waals surface area contributed by atoms with E-state index in [0.717, 1.165) is 154 Å². The molecule has 0 saturated heterocycles. The van der Waals surface area contributed by atoms with Crippen LogP contribution in [0, 0.1) is 0 Å². The van der Waals surface area contributed by atoms with E-state index < -0.39 is 0 Å². The Balaban J connectivity index is 1.34. The zero-order valence-corrected chi connectivity index (χ0v) is 69.3. The average molecular weight is 1460 g/mol. The first kappa shape index (κ1) is 85.2. The first-order chi connectivity index (χ1) is 53.5. The van der Waals surface area contributed by atoms with Crippen LogP contribution in [0.2, 0.25) is 0 Å². The minimum atomic E-state index is 0.892. The molecule has 8 bridgehead atoms. The highest BCUT2D eigenvalue weighted by atomic mass is 14.8. The molecule has 586 valence electrons. The Morgan fingerprint density at radius 1 is 0.269 bits per heavy atom. The molecule has 0 spiro atoms. The van der Waals surface area contributed by atoms with Crippen LogP contribution in [0.25, 0.3) is 79.6 Å². The van der Waals surface area contributed by atoms with Crippen molar-refractivity contribution in [3.63, 3.8) is 0 Å². The van der Waals surface area contributed by atoms with E-state index in [0.29, 0.717) is 0 Å². The third kappa shape index (κ3) is 27.9. The monoisotopic (exact) mass is 1460 g/mol. The molecule has 7 aromatic rings. The first-order valence-electron chi connectivity index (χ1n) is 45.5. The lowest BCUT2D eigenvalue weighted by Gasteiger charge is -2.21. The minimum absolute atomic E-state index is 0.892. The number of nitrogens with zero attached hydrogens (tertiary/aromatic N) is 6. The van der Waals surface area contributed by atoms with Gasteiger partial charge in [0.25, 0.3) is 0 Å². The first-order valence-corrected chi connectivity index (χ1v) is 45.5. The molecule has 0 fully saturated rings. The molecule has 0 radical (unpaired) electrons. The number of nitrogens with one attached hydrogen (secondary N) is 2. The molecule has 9 heterocycles. The lowest BCUT2D eigenvalue weighted by atomic mass is 9.86. The van der Waals surface area contributed by atoms with Gasteiger partial charge in [-0.15, -0.1) is 0 Å². The Labute approximate surface area is 657 Å². The summed E-state index contributed by atoms with van der Waals surface area (Å²) in [7, 11) is 0. The number of fused-ring (bicyclic) bond motifs is 8. The Morgan fingerprint density at radius 3 is 1.03 bits per heavy atom. The van der Waals surface area contributed by atoms with E-state index in [1.165, 1.54) is 310 Å². The minimum Gasteiger partial charge on any atom is -0.355 e. The molecule has 0 amide bonds. The largest absolute Gasteiger partial charge is 0.355 e. The summed E-state index contributed by atoms with van der Waals surface area (Å²) in [5.41, 5.74) is 24.3. The lowest BCUT2D eigenvalue weighted by molar-refractivity contribution is 0.566. The van der Waals surface area contributed by atoms with Crippen LogP contribution in [0.5, 0.6) is 0 Å². The highest BCUT2D eigenvalue weighted by Gasteiger charge is 2.31. The Hall–Kier alpha value is -6.80. The summed E-state index contributed by atoms with van der Waals surface area (Å²) in [6.07, 6.45) is 82.7. The number of aromatic amines is 2. The molecular weight excluding hydrogens is 1310 g/mol. The molecule has 8 heteroatoms. The van der Waals surface area contributed by atoms with Crippen molar-refractivity contribution in [3.8, 4) is 33.8 Å². The maximum atomic E-state index is 6.16. The standard InChI is InChI=1S/C100H146N8/c1-7-13-19-25-31-37-43-49-58-79-62-55-71-101-95(79)92-91-77-86-70-69-84(106-86)74-83-67-68-85(105-83)75-87-76-90(98-89(66-54-48-42-36-30-24-18-12-6)88(65-53-47-41-35-29-23-17-11-5)82(78-104-98)61-52-46-40-34-28-22-16-10-4)99(107-87)94(97-81(64-57-73-103-97)60-51-45-39-33-27-21-15-9-3)100(108-91)93(92)96-80(63-56-72-102-96)59-50-44-38-32-26-20-14-8-2/h55-57,62-64,67-78,105,108H,7-54,58-61,65-66H2,1-6H3. The van der Waals surface area contributed by atoms with Crippen molar-refractivity contribution in [2.75, 3.05) is 0 Å². The summed E-state index contributed by atoms with van der Waals surface area (Å²) in [5.74, 6) is 0. The van der Waals surface area contributed by atoms with Gasteiger partial charge in [-0.1, -0.05) is 329 Å². The van der Waals surface area contributed by atoms with E-state index in [1.54, 1.807) is 5.56 Å². The second kappa shape index (κ2) is 50.9. The molecule has 0 atom stereocenters. The van der Waals surface area contributed by atoms with Crippen LogP contribution >= 0.6 is 0 Å². The summed E-state index contributed by atoms with van der Waals surface area (Å²) in [6, 6.07) is 24.8. The molecule has 9 rings (SSSR count). The third-order valence-electron chi connectivity index (χ3n) is 23.4. The molecule has 2 N–H and O–H groups in total. The summed E-state index contributed by atoms with van der Waals surface area (Å²) in [4.78, 5) is 42.9. The van der Waals surface area contributed by atoms with Crippen LogP contribution in [0.4, 0.5) is 0 Å². The number of aromatic nitrogens is 8. The topological polar surface area (TPSA) is 109 Å². The highest BCUT2D eigenvalue weighted by Crippen LogP contribution is 2.48. The van der Waals surface area contributed by atoms with Gasteiger partial charge in [0, 0.05) is 52.5 Å². The normalized spacial score (nSPS) is 12.1. The van der Waals surface area contributed by atoms with E-state index in [1.807, 2.05) is 6.20 Å². The number of rotatable bonds is 58. The molecule has 2 aliphatic heterocycles. The van der Waals surface area contributed by atoms with Gasteiger partial charge in [-0.05, 0) is 177 Å². The van der Waals surface area contributed by atoms with E-state index in [-0.39, 0.29) is 0 Å². The predicted molar refractivity (Wildman–Crippen MR) is 469 cm³/mol. The van der Waals surface area contributed by atoms with Gasteiger partial charge in [0.05, 0.1) is 62.1 Å². The average Bonchev–Trinajstić information content (AvgIpc) is 1.56. The molecule has 8 nitrogen and oxygen atoms in total. The van der Waals surface area contributed by atoms with Gasteiger partial charge in [-0.25, -0.2) is 9.97 Å². The number of hydrogen-bond acceptors (Lipinski definition) is 6. The second-order valence-electron chi connectivity index (χ2n) is 32.6. The van der Waals surface area contributed by atoms with Crippen molar-refractivity contribution in [2.45, 2.75) is 388 Å². The van der Waals surface area contributed by atoms with E-state index in [4.69, 9.17) is 29.9 Å². The molecule has 0 aromatic carbocycles. The van der Waals surface area contributed by atoms with Crippen LogP contribution in [0.15, 0.2) is 91.5 Å². The van der Waals surface area contributed by atoms with Crippen molar-refractivity contribution >= 4 is 45.9 Å². The molecule has 2 aliphatic rings. The van der Waals surface area contributed by atoms with Gasteiger partial charge in [0.2, 0.25) is 0 Å². The van der Waals surface area contributed by atoms with Crippen LogP contribution in [-0.4, -0.2) is 39.9 Å². The fourth-order valence-electron chi connectivity index (χ4n) is 17.1. The van der Waals surface area contributed by atoms with Crippen LogP contribution in [0.3, 0.4) is 0 Å². The van der Waals surface area contributed by atoms with Gasteiger partial charge in [-0.2, -0.15) is 0 Å². The number of aryl methyl sites for hydroxylation is 4. The van der Waals surface area contributed by atoms with Gasteiger partial charge < -0.3 is 9.97 Å². The predicted octanol–water partition coefficient (Wildman–Crippen LogP) is 30.8. The van der Waals surface area contributed by atoms with Crippen LogP contribution < -0.4 is 0 Å². The van der Waals surface area contributed by atoms with Crippen LogP contribution in [0.1, 0.15) is 412 Å². The van der Waals surface area contributed by atoms with Crippen molar-refractivity contribution < 1.29 is 0 Å². The molecule has 0 unspecified atom stereocenters. The molecular formula is C100H146N8. The number of hydrogen-bond donors (Lipinski definition) is 2. The Morgan fingerprint density at radius 2 is 0.611 bits per heavy atom. The van der Waals surface area contributed by atoms with Gasteiger partial charge in [-0.3, -0.25) is 19.9 Å². The van der Waals surface area contributed by atoms with Crippen molar-refractivity contribution in [1.29, 1.82) is 0 Å². The number of unbranched alkanes of at least 4 members (excludes halogenated alkanes) is 42. The lowest BCUT2D eigenvalue weighted by Crippen LogP contribution is -2.09. The SMILES string of the molecule is CCCCCCCCCCc1cccnc1-c1c(-c2ncccc2CCCCCCCCCC)c2[nH]c1cc1nc(cc3ccc(cc4nc(c2-c2ncccc2CCCCCCCCCC)C(c2ncc(CCCCCCCCCC)c(CCCCCCCCCC)c2CCCCCCCCCC)=C4)[nH]3)C=C1. The van der Waals surface area contributed by atoms with Crippen LogP contribution in [-0.2, 0) is 38.5 Å². The smallest absolute Gasteiger partial charge is 0.0847 e. The molecule has 7 aromatic heterocycles. The van der Waals surface area contributed by atoms with Gasteiger partial charge in [0.1, 0.15) is 0 Å². The van der Waals surface area contributed by atoms with E-state index in [9.17, 15) is 0 Å². The number of H-pyrrole nitrogens is 2. The zero-order valence-electron chi connectivity index (χ0n) is 69.3. The maximum absolute atomic E-state index is 6.16. The fourth-order valence-corrected chi connectivity index (χ4v) is 17.1. The zero-order chi connectivity index (χ0) is 75.3. The quantitative estimate of drug-likeness (QED) is 0.0368. The molecule has 0 saturated carbocycles. The van der Waals surface area contributed by atoms with E-state index in [2.05, 4.69) is 155 Å². The van der Waals surface area contributed by atoms with Crippen molar-refractivity contribution in [3.05, 3.63) is 153 Å². The van der Waals surface area contributed by atoms with Crippen molar-refractivity contribution in [1.82, 2.24) is 39.9 Å². The molecule has 0 aliphatic carbocycles. The summed E-state index contributed by atoms with van der Waals surface area (Å²) in [6.45, 7) is 14.0. The second-order valence-corrected chi connectivity index (χ2v) is 32.6. The molecule has 108 heavy (non-hydrogen) atoms. The van der Waals surface area contributed by atoms with Crippen molar-refractivity contribution in [2.24, 2.45) is 0 Å². The third-order valence-corrected chi connectivity index (χ3v) is 23.4. The Kier molecular flexibility index (Phi) is 40.1. The van der Waals surface area contributed by atoms with Gasteiger partial charge >= 0.3 is 0 Å². The van der Waals surface area contributed by atoms with Gasteiger partial charge in [0.15, 0.2) is 0 Å². The number of pyridine rings is 4. The highest BCUT2D eigenvalue weighted by molar-refractivity contribution is 6.10.